The number of anilines is 2. The average Bonchev–Trinajstić information content (AvgIpc) is 2.97. The minimum absolute atomic E-state index is 0.516. The summed E-state index contributed by atoms with van der Waals surface area (Å²) in [6, 6.07) is 18.2. The molecule has 3 nitrogen and oxygen atoms in total. The lowest BCUT2D eigenvalue weighted by Gasteiger charge is -2.20. The van der Waals surface area contributed by atoms with Crippen molar-refractivity contribution in [1.29, 1.82) is 5.26 Å². The summed E-state index contributed by atoms with van der Waals surface area (Å²) < 4.78 is 0. The Hall–Kier alpha value is -2.47. The number of nitriles is 1. The van der Waals surface area contributed by atoms with Gasteiger partial charge in [0.15, 0.2) is 0 Å². The van der Waals surface area contributed by atoms with E-state index in [0.29, 0.717) is 5.92 Å². The monoisotopic (exact) mass is 263 g/mol. The summed E-state index contributed by atoms with van der Waals surface area (Å²) in [6.07, 6.45) is 1.11. The first-order valence-corrected chi connectivity index (χ1v) is 6.87. The summed E-state index contributed by atoms with van der Waals surface area (Å²) in [5.74, 6) is 0.516. The Morgan fingerprint density at radius 2 is 1.85 bits per heavy atom. The van der Waals surface area contributed by atoms with Gasteiger partial charge in [-0.05, 0) is 36.2 Å². The topological polar surface area (TPSA) is 53.0 Å². The normalized spacial score (nSPS) is 17.9. The molecule has 3 rings (SSSR count). The van der Waals surface area contributed by atoms with Crippen LogP contribution in [-0.2, 0) is 0 Å². The lowest BCUT2D eigenvalue weighted by atomic mass is 9.98. The Morgan fingerprint density at radius 3 is 2.60 bits per heavy atom. The van der Waals surface area contributed by atoms with E-state index < -0.39 is 0 Å². The predicted molar refractivity (Wildman–Crippen MR) is 81.6 cm³/mol. The van der Waals surface area contributed by atoms with Crippen LogP contribution in [-0.4, -0.2) is 13.1 Å². The van der Waals surface area contributed by atoms with E-state index in [1.54, 1.807) is 0 Å². The molecule has 3 heteroatoms. The number of nitrogens with two attached hydrogens (primary N) is 1. The first-order valence-electron chi connectivity index (χ1n) is 6.87. The highest BCUT2D eigenvalue weighted by Crippen LogP contribution is 2.32. The molecule has 1 atom stereocenters. The van der Waals surface area contributed by atoms with Crippen molar-refractivity contribution in [3.8, 4) is 6.07 Å². The Balaban J connectivity index is 1.80. The molecule has 1 heterocycles. The summed E-state index contributed by atoms with van der Waals surface area (Å²) in [6.45, 7) is 1.95. The van der Waals surface area contributed by atoms with Crippen LogP contribution in [0.25, 0.3) is 0 Å². The van der Waals surface area contributed by atoms with Gasteiger partial charge in [-0.1, -0.05) is 24.3 Å². The highest BCUT2D eigenvalue weighted by atomic mass is 15.2. The van der Waals surface area contributed by atoms with Crippen LogP contribution < -0.4 is 10.6 Å². The molecule has 100 valence electrons. The maximum absolute atomic E-state index is 9.20. The number of para-hydroxylation sites is 1. The fourth-order valence-corrected chi connectivity index (χ4v) is 2.86. The zero-order chi connectivity index (χ0) is 13.9. The fraction of sp³-hybridized carbons (Fsp3) is 0.235. The Kier molecular flexibility index (Phi) is 3.30. The number of benzene rings is 2. The number of nitrogen functional groups attached to an aromatic ring is 1. The molecular formula is C17H17N3. The minimum atomic E-state index is 0.516. The molecule has 2 aromatic rings. The van der Waals surface area contributed by atoms with Crippen molar-refractivity contribution in [1.82, 2.24) is 0 Å². The lowest BCUT2D eigenvalue weighted by Crippen LogP contribution is -2.20. The molecule has 2 N–H and O–H groups in total. The van der Waals surface area contributed by atoms with E-state index in [2.05, 4.69) is 23.1 Å². The highest BCUT2D eigenvalue weighted by molar-refractivity contribution is 5.60. The quantitative estimate of drug-likeness (QED) is 0.847. The summed E-state index contributed by atoms with van der Waals surface area (Å²) in [5, 5.41) is 9.20. The van der Waals surface area contributed by atoms with Crippen LogP contribution in [0.1, 0.15) is 23.5 Å². The van der Waals surface area contributed by atoms with Crippen LogP contribution in [0.15, 0.2) is 48.5 Å². The number of nitrogens with zero attached hydrogens (tertiary/aromatic N) is 2. The summed E-state index contributed by atoms with van der Waals surface area (Å²) in [4.78, 5) is 2.31. The molecule has 0 bridgehead atoms. The molecule has 20 heavy (non-hydrogen) atoms. The smallest absolute Gasteiger partial charge is 0.101 e. The summed E-state index contributed by atoms with van der Waals surface area (Å²) in [7, 11) is 0. The van der Waals surface area contributed by atoms with E-state index in [1.807, 2.05) is 36.4 Å². The standard InChI is InChI=1S/C17H17N3/c18-11-14-3-1-2-4-17(14)20-10-9-15(12-20)13-5-7-16(19)8-6-13/h1-8,15H,9-10,12,19H2. The van der Waals surface area contributed by atoms with Crippen LogP contribution in [0.4, 0.5) is 11.4 Å². The second kappa shape index (κ2) is 5.26. The van der Waals surface area contributed by atoms with Crippen molar-refractivity contribution in [2.24, 2.45) is 0 Å². The van der Waals surface area contributed by atoms with Gasteiger partial charge in [-0.3, -0.25) is 0 Å². The fourth-order valence-electron chi connectivity index (χ4n) is 2.86. The SMILES string of the molecule is N#Cc1ccccc1N1CCC(c2ccc(N)cc2)C1. The van der Waals surface area contributed by atoms with Crippen LogP contribution >= 0.6 is 0 Å². The molecule has 0 aliphatic carbocycles. The molecule has 0 spiro atoms. The van der Waals surface area contributed by atoms with Gasteiger partial charge in [0.1, 0.15) is 6.07 Å². The third kappa shape index (κ3) is 2.33. The number of rotatable bonds is 2. The third-order valence-electron chi connectivity index (χ3n) is 3.96. The van der Waals surface area contributed by atoms with E-state index in [0.717, 1.165) is 36.4 Å². The molecule has 1 saturated heterocycles. The van der Waals surface area contributed by atoms with Gasteiger partial charge < -0.3 is 10.6 Å². The highest BCUT2D eigenvalue weighted by Gasteiger charge is 2.25. The van der Waals surface area contributed by atoms with Gasteiger partial charge in [-0.2, -0.15) is 5.26 Å². The van der Waals surface area contributed by atoms with Crippen LogP contribution in [0.5, 0.6) is 0 Å². The van der Waals surface area contributed by atoms with Gasteiger partial charge in [-0.25, -0.2) is 0 Å². The number of hydrogen-bond acceptors (Lipinski definition) is 3. The molecule has 0 radical (unpaired) electrons. The maximum atomic E-state index is 9.20. The van der Waals surface area contributed by atoms with Crippen LogP contribution in [0.3, 0.4) is 0 Å². The van der Waals surface area contributed by atoms with Crippen molar-refractivity contribution in [2.45, 2.75) is 12.3 Å². The zero-order valence-corrected chi connectivity index (χ0v) is 11.3. The van der Waals surface area contributed by atoms with Crippen LogP contribution in [0, 0.1) is 11.3 Å². The van der Waals surface area contributed by atoms with Crippen molar-refractivity contribution < 1.29 is 0 Å². The molecular weight excluding hydrogens is 246 g/mol. The predicted octanol–water partition coefficient (Wildman–Crippen LogP) is 3.13. The maximum Gasteiger partial charge on any atom is 0.101 e. The molecule has 0 amide bonds. The van der Waals surface area contributed by atoms with Crippen LogP contribution in [0.2, 0.25) is 0 Å². The van der Waals surface area contributed by atoms with E-state index in [-0.39, 0.29) is 0 Å². The number of hydrogen-bond donors (Lipinski definition) is 1. The summed E-state index contributed by atoms with van der Waals surface area (Å²) >= 11 is 0. The second-order valence-corrected chi connectivity index (χ2v) is 5.23. The molecule has 1 aliphatic rings. The van der Waals surface area contributed by atoms with Crippen molar-refractivity contribution in [3.05, 3.63) is 59.7 Å². The van der Waals surface area contributed by atoms with Gasteiger partial charge in [0.05, 0.1) is 11.3 Å². The second-order valence-electron chi connectivity index (χ2n) is 5.23. The Morgan fingerprint density at radius 1 is 1.10 bits per heavy atom. The molecule has 1 fully saturated rings. The van der Waals surface area contributed by atoms with Crippen molar-refractivity contribution in [3.63, 3.8) is 0 Å². The Labute approximate surface area is 119 Å². The van der Waals surface area contributed by atoms with Crippen molar-refractivity contribution >= 4 is 11.4 Å². The first kappa shape index (κ1) is 12.6. The Bertz CT molecular complexity index is 640. The largest absolute Gasteiger partial charge is 0.399 e. The molecule has 2 aromatic carbocycles. The van der Waals surface area contributed by atoms with Crippen molar-refractivity contribution in [2.75, 3.05) is 23.7 Å². The molecule has 0 aromatic heterocycles. The average molecular weight is 263 g/mol. The van der Waals surface area contributed by atoms with Gasteiger partial charge >= 0.3 is 0 Å². The van der Waals surface area contributed by atoms with E-state index in [4.69, 9.17) is 5.73 Å². The zero-order valence-electron chi connectivity index (χ0n) is 11.3. The van der Waals surface area contributed by atoms with Gasteiger partial charge in [-0.15, -0.1) is 0 Å². The summed E-state index contributed by atoms with van der Waals surface area (Å²) in [5.41, 5.74) is 9.67. The minimum Gasteiger partial charge on any atom is -0.399 e. The van der Waals surface area contributed by atoms with Gasteiger partial charge in [0.25, 0.3) is 0 Å². The van der Waals surface area contributed by atoms with Gasteiger partial charge in [0.2, 0.25) is 0 Å². The molecule has 1 unspecified atom stereocenters. The van der Waals surface area contributed by atoms with E-state index >= 15 is 0 Å². The van der Waals surface area contributed by atoms with E-state index in [1.165, 1.54) is 5.56 Å². The first-order chi connectivity index (χ1) is 9.78. The van der Waals surface area contributed by atoms with E-state index in [9.17, 15) is 5.26 Å². The molecule has 0 saturated carbocycles. The third-order valence-corrected chi connectivity index (χ3v) is 3.96. The molecule has 1 aliphatic heterocycles. The lowest BCUT2D eigenvalue weighted by molar-refractivity contribution is 0.775. The van der Waals surface area contributed by atoms with Gasteiger partial charge in [0, 0.05) is 24.7 Å².